The minimum Gasteiger partial charge on any atom is -0.383 e. The Bertz CT molecular complexity index is 909. The Morgan fingerprint density at radius 2 is 2.13 bits per heavy atom. The highest BCUT2D eigenvalue weighted by molar-refractivity contribution is 7.89. The standard InChI is InChI=1S/C15H17N3O3S2/c1-15(19,14-7-11-5-3-4-6-13(11)22-14)10-17-23(20,21)12-8-16-18(2)9-12/h3-9,17,19H,10H2,1-2H3/t15-/m0/s1. The molecule has 0 unspecified atom stereocenters. The van der Waals surface area contributed by atoms with Crippen LogP contribution in [-0.4, -0.2) is 29.8 Å². The minimum absolute atomic E-state index is 0.0761. The molecule has 0 fully saturated rings. The maximum Gasteiger partial charge on any atom is 0.243 e. The van der Waals surface area contributed by atoms with E-state index in [1.807, 2.05) is 30.3 Å². The van der Waals surface area contributed by atoms with E-state index in [1.165, 1.54) is 28.4 Å². The molecule has 0 radical (unpaired) electrons. The zero-order valence-electron chi connectivity index (χ0n) is 12.7. The van der Waals surface area contributed by atoms with Gasteiger partial charge in [-0.1, -0.05) is 18.2 Å². The molecule has 0 bridgehead atoms. The second-order valence-electron chi connectivity index (χ2n) is 5.60. The normalized spacial score (nSPS) is 14.9. The average Bonchev–Trinajstić information content (AvgIpc) is 3.12. The average molecular weight is 351 g/mol. The first-order chi connectivity index (χ1) is 10.8. The highest BCUT2D eigenvalue weighted by Crippen LogP contribution is 2.33. The van der Waals surface area contributed by atoms with Gasteiger partial charge in [-0.25, -0.2) is 13.1 Å². The summed E-state index contributed by atoms with van der Waals surface area (Å²) in [5, 5.41) is 15.5. The van der Waals surface area contributed by atoms with Crippen LogP contribution in [0, 0.1) is 0 Å². The van der Waals surface area contributed by atoms with Crippen LogP contribution in [0.25, 0.3) is 10.1 Å². The minimum atomic E-state index is -3.70. The topological polar surface area (TPSA) is 84.2 Å². The molecule has 0 aliphatic rings. The zero-order valence-corrected chi connectivity index (χ0v) is 14.4. The predicted octanol–water partition coefficient (Wildman–Crippen LogP) is 1.82. The first kappa shape index (κ1) is 16.1. The van der Waals surface area contributed by atoms with Crippen LogP contribution in [0.2, 0.25) is 0 Å². The summed E-state index contributed by atoms with van der Waals surface area (Å²) in [6.45, 7) is 1.49. The number of thiophene rings is 1. The molecule has 2 N–H and O–H groups in total. The van der Waals surface area contributed by atoms with Gasteiger partial charge in [0, 0.05) is 29.4 Å². The van der Waals surface area contributed by atoms with Gasteiger partial charge in [-0.3, -0.25) is 4.68 Å². The fourth-order valence-electron chi connectivity index (χ4n) is 2.19. The molecule has 1 atom stereocenters. The van der Waals surface area contributed by atoms with E-state index in [0.29, 0.717) is 4.88 Å². The van der Waals surface area contributed by atoms with Crippen LogP contribution < -0.4 is 4.72 Å². The number of fused-ring (bicyclic) bond motifs is 1. The summed E-state index contributed by atoms with van der Waals surface area (Å²) >= 11 is 1.45. The largest absolute Gasteiger partial charge is 0.383 e. The summed E-state index contributed by atoms with van der Waals surface area (Å²) in [5.74, 6) is 0. The van der Waals surface area contributed by atoms with Gasteiger partial charge in [-0.2, -0.15) is 5.10 Å². The summed E-state index contributed by atoms with van der Waals surface area (Å²) < 4.78 is 29.4. The smallest absolute Gasteiger partial charge is 0.243 e. The molecular weight excluding hydrogens is 334 g/mol. The van der Waals surface area contributed by atoms with Crippen molar-refractivity contribution in [1.82, 2.24) is 14.5 Å². The molecule has 3 rings (SSSR count). The van der Waals surface area contributed by atoms with Gasteiger partial charge in [0.15, 0.2) is 0 Å². The molecular formula is C15H17N3O3S2. The van der Waals surface area contributed by atoms with Crippen molar-refractivity contribution in [2.24, 2.45) is 7.05 Å². The van der Waals surface area contributed by atoms with Gasteiger partial charge >= 0.3 is 0 Å². The second kappa shape index (κ2) is 5.72. The third-order valence-electron chi connectivity index (χ3n) is 3.55. The van der Waals surface area contributed by atoms with E-state index in [1.54, 1.807) is 14.0 Å². The van der Waals surface area contributed by atoms with Crippen molar-refractivity contribution in [3.05, 3.63) is 47.6 Å². The first-order valence-electron chi connectivity index (χ1n) is 6.98. The van der Waals surface area contributed by atoms with Gasteiger partial charge in [0.1, 0.15) is 10.5 Å². The third-order valence-corrected chi connectivity index (χ3v) is 6.28. The van der Waals surface area contributed by atoms with Crippen LogP contribution >= 0.6 is 11.3 Å². The van der Waals surface area contributed by atoms with Gasteiger partial charge in [-0.05, 0) is 24.4 Å². The lowest BCUT2D eigenvalue weighted by Gasteiger charge is -2.22. The van der Waals surface area contributed by atoms with Gasteiger partial charge < -0.3 is 5.11 Å². The van der Waals surface area contributed by atoms with Crippen molar-refractivity contribution in [3.63, 3.8) is 0 Å². The Kier molecular flexibility index (Phi) is 4.01. The number of nitrogens with zero attached hydrogens (tertiary/aromatic N) is 2. The van der Waals surface area contributed by atoms with E-state index in [4.69, 9.17) is 0 Å². The van der Waals surface area contributed by atoms with Crippen LogP contribution in [0.5, 0.6) is 0 Å². The van der Waals surface area contributed by atoms with Crippen molar-refractivity contribution in [1.29, 1.82) is 0 Å². The molecule has 122 valence electrons. The molecule has 8 heteroatoms. The van der Waals surface area contributed by atoms with E-state index in [9.17, 15) is 13.5 Å². The molecule has 0 saturated heterocycles. The van der Waals surface area contributed by atoms with Crippen molar-refractivity contribution < 1.29 is 13.5 Å². The number of aromatic nitrogens is 2. The third kappa shape index (κ3) is 3.30. The predicted molar refractivity (Wildman–Crippen MR) is 89.8 cm³/mol. The summed E-state index contributed by atoms with van der Waals surface area (Å²) in [6, 6.07) is 9.68. The molecule has 0 aliphatic carbocycles. The molecule has 0 saturated carbocycles. The maximum atomic E-state index is 12.2. The monoisotopic (exact) mass is 351 g/mol. The fourth-order valence-corrected chi connectivity index (χ4v) is 4.41. The number of hydrogen-bond acceptors (Lipinski definition) is 5. The van der Waals surface area contributed by atoms with Gasteiger partial charge in [-0.15, -0.1) is 11.3 Å². The lowest BCUT2D eigenvalue weighted by Crippen LogP contribution is -2.38. The second-order valence-corrected chi connectivity index (χ2v) is 8.45. The molecule has 2 heterocycles. The number of sulfonamides is 1. The van der Waals surface area contributed by atoms with Crippen molar-refractivity contribution in [3.8, 4) is 0 Å². The number of nitrogens with one attached hydrogen (secondary N) is 1. The Labute approximate surface area is 138 Å². The molecule has 1 aromatic carbocycles. The lowest BCUT2D eigenvalue weighted by molar-refractivity contribution is 0.0666. The quantitative estimate of drug-likeness (QED) is 0.734. The highest BCUT2D eigenvalue weighted by Gasteiger charge is 2.28. The summed E-state index contributed by atoms with van der Waals surface area (Å²) in [7, 11) is -2.05. The van der Waals surface area contributed by atoms with Crippen molar-refractivity contribution in [2.45, 2.75) is 17.4 Å². The number of benzene rings is 1. The van der Waals surface area contributed by atoms with E-state index >= 15 is 0 Å². The summed E-state index contributed by atoms with van der Waals surface area (Å²) in [5.41, 5.74) is -1.29. The number of aliphatic hydroxyl groups is 1. The van der Waals surface area contributed by atoms with Crippen LogP contribution in [0.15, 0.2) is 47.6 Å². The van der Waals surface area contributed by atoms with Crippen LogP contribution in [-0.2, 0) is 22.7 Å². The number of aryl methyl sites for hydroxylation is 1. The molecule has 6 nitrogen and oxygen atoms in total. The Hall–Kier alpha value is -1.74. The lowest BCUT2D eigenvalue weighted by atomic mass is 10.1. The molecule has 0 aliphatic heterocycles. The molecule has 3 aromatic rings. The van der Waals surface area contributed by atoms with Gasteiger partial charge in [0.2, 0.25) is 10.0 Å². The Morgan fingerprint density at radius 3 is 2.78 bits per heavy atom. The van der Waals surface area contributed by atoms with Crippen LogP contribution in [0.1, 0.15) is 11.8 Å². The summed E-state index contributed by atoms with van der Waals surface area (Å²) in [6.07, 6.45) is 2.69. The number of rotatable bonds is 5. The van der Waals surface area contributed by atoms with E-state index < -0.39 is 15.6 Å². The van der Waals surface area contributed by atoms with E-state index in [-0.39, 0.29) is 11.4 Å². The van der Waals surface area contributed by atoms with Crippen molar-refractivity contribution in [2.75, 3.05) is 6.54 Å². The van der Waals surface area contributed by atoms with Crippen molar-refractivity contribution >= 4 is 31.4 Å². The highest BCUT2D eigenvalue weighted by atomic mass is 32.2. The number of hydrogen-bond donors (Lipinski definition) is 2. The van der Waals surface area contributed by atoms with Crippen LogP contribution in [0.4, 0.5) is 0 Å². The SMILES string of the molecule is Cn1cc(S(=O)(=O)NC[C@](C)(O)c2cc3ccccc3s2)cn1. The fraction of sp³-hybridized carbons (Fsp3) is 0.267. The Morgan fingerprint density at radius 1 is 1.39 bits per heavy atom. The summed E-state index contributed by atoms with van der Waals surface area (Å²) in [4.78, 5) is 0.791. The van der Waals surface area contributed by atoms with E-state index in [2.05, 4.69) is 9.82 Å². The Balaban J connectivity index is 1.80. The molecule has 2 aromatic heterocycles. The maximum absolute atomic E-state index is 12.2. The van der Waals surface area contributed by atoms with Crippen LogP contribution in [0.3, 0.4) is 0 Å². The van der Waals surface area contributed by atoms with Gasteiger partial charge in [0.05, 0.1) is 6.20 Å². The first-order valence-corrected chi connectivity index (χ1v) is 9.28. The molecule has 0 amide bonds. The van der Waals surface area contributed by atoms with Gasteiger partial charge in [0.25, 0.3) is 0 Å². The molecule has 23 heavy (non-hydrogen) atoms. The van der Waals surface area contributed by atoms with E-state index in [0.717, 1.165) is 10.1 Å². The zero-order chi connectivity index (χ0) is 16.7. The molecule has 0 spiro atoms.